The molecular weight excluding hydrogens is 391 g/mol. The SMILES string of the molecule is C[13CH]1[13CH2][15N]([13CH3])C(C(=O)NCCC(=O)[15NH]C[13CH2][13C](=O)ON2C(=O)CCC2=O)C[15N]1[13CH3]. The Balaban J connectivity index is 1.60. The van der Waals surface area contributed by atoms with E-state index in [4.69, 9.17) is 4.84 Å². The zero-order valence-corrected chi connectivity index (χ0v) is 17.1. The highest BCUT2D eigenvalue weighted by atomic mass is 16.8. The van der Waals surface area contributed by atoms with Gasteiger partial charge in [-0.15, -0.1) is 5.06 Å². The van der Waals surface area contributed by atoms with Crippen molar-refractivity contribution in [3.8, 4) is 0 Å². The van der Waals surface area contributed by atoms with Crippen molar-refractivity contribution in [2.45, 2.75) is 44.7 Å². The number of hydrogen-bond acceptors (Lipinski definition) is 8. The lowest BCUT2D eigenvalue weighted by Gasteiger charge is -2.41. The summed E-state index contributed by atoms with van der Waals surface area (Å²) in [6.07, 6.45) is -0.0415. The van der Waals surface area contributed by atoms with Gasteiger partial charge in [0.05, 0.1) is 6.42 Å². The average Bonchev–Trinajstić information content (AvgIpc) is 2.96. The van der Waals surface area contributed by atoms with Crippen molar-refractivity contribution in [1.82, 2.24) is 25.5 Å². The van der Waals surface area contributed by atoms with E-state index in [2.05, 4.69) is 22.5 Å². The van der Waals surface area contributed by atoms with Crippen LogP contribution in [0.25, 0.3) is 0 Å². The van der Waals surface area contributed by atoms with Crippen LogP contribution in [0.15, 0.2) is 0 Å². The Morgan fingerprint density at radius 2 is 1.59 bits per heavy atom. The molecule has 0 radical (unpaired) electrons. The van der Waals surface area contributed by atoms with E-state index in [1.807, 2.05) is 19.0 Å². The third-order valence-corrected chi connectivity index (χ3v) is 5.10. The van der Waals surface area contributed by atoms with Crippen LogP contribution < -0.4 is 10.6 Å². The fraction of sp³-hybridized carbons (Fsp3) is 0.722. The highest BCUT2D eigenvalue weighted by Gasteiger charge is 2.33. The van der Waals surface area contributed by atoms with E-state index < -0.39 is 17.8 Å². The second kappa shape index (κ2) is 10.3. The number of piperazine rings is 1. The number of likely N-dealkylation sites (N-methyl/N-ethyl adjacent to an activating group) is 2. The molecule has 2 saturated heterocycles. The topological polar surface area (TPSA) is 128 Å². The molecule has 0 aromatic carbocycles. The average molecular weight is 420 g/mol. The van der Waals surface area contributed by atoms with Gasteiger partial charge in [-0.1, -0.05) is 0 Å². The van der Waals surface area contributed by atoms with Crippen molar-refractivity contribution in [3.05, 3.63) is 0 Å². The van der Waals surface area contributed by atoms with Gasteiger partial charge in [0.2, 0.25) is 11.8 Å². The third-order valence-electron chi connectivity index (χ3n) is 5.10. The number of nitrogens with zero attached hydrogens (tertiary/aromatic N) is 3. The molecule has 0 aromatic heterocycles. The minimum absolute atomic E-state index is 0.00980. The molecule has 4 amide bonds. The minimum Gasteiger partial charge on any atom is -0.355 e. The van der Waals surface area contributed by atoms with Crippen LogP contribution >= 0.6 is 0 Å². The molecule has 0 aliphatic carbocycles. The maximum absolute atomic E-state index is 12.3. The Bertz CT molecular complexity index is 653. The lowest BCUT2D eigenvalue weighted by Crippen LogP contribution is -2.59. The second-order valence-electron chi connectivity index (χ2n) is 7.43. The van der Waals surface area contributed by atoms with Crippen LogP contribution in [0.1, 0.15) is 32.6 Å². The van der Waals surface area contributed by atoms with E-state index in [1.54, 1.807) is 0 Å². The van der Waals surface area contributed by atoms with E-state index in [-0.39, 0.29) is 56.6 Å². The van der Waals surface area contributed by atoms with Crippen molar-refractivity contribution in [2.24, 2.45) is 0 Å². The van der Waals surface area contributed by atoms with Crippen molar-refractivity contribution in [2.75, 3.05) is 40.3 Å². The Labute approximate surface area is 169 Å². The van der Waals surface area contributed by atoms with Gasteiger partial charge < -0.3 is 20.4 Å². The number of nitrogens with one attached hydrogen (secondary N) is 2. The lowest BCUT2D eigenvalue weighted by atomic mass is 10.3. The maximum atomic E-state index is 12.3. The first-order valence-corrected chi connectivity index (χ1v) is 9.70. The number of carbonyl (C=O) groups is 5. The van der Waals surface area contributed by atoms with Crippen LogP contribution in [-0.2, 0) is 28.8 Å². The largest absolute Gasteiger partial charge is 0.355 e. The van der Waals surface area contributed by atoms with Gasteiger partial charge in [-0.05, 0) is 21.0 Å². The first-order chi connectivity index (χ1) is 13.7. The van der Waals surface area contributed by atoms with Crippen LogP contribution in [0.4, 0.5) is 0 Å². The van der Waals surface area contributed by atoms with Gasteiger partial charge in [0, 0.05) is 51.5 Å². The van der Waals surface area contributed by atoms with E-state index in [1.165, 1.54) is 0 Å². The van der Waals surface area contributed by atoms with E-state index in [0.29, 0.717) is 17.6 Å². The Morgan fingerprint density at radius 3 is 2.24 bits per heavy atom. The molecule has 2 aliphatic heterocycles. The van der Waals surface area contributed by atoms with Crippen LogP contribution in [-0.4, -0.2) is 96.8 Å². The number of hydroxylamine groups is 2. The molecule has 2 unspecified atom stereocenters. The summed E-state index contributed by atoms with van der Waals surface area (Å²) in [6, 6.07) is 0.119. The van der Waals surface area contributed by atoms with Gasteiger partial charge in [-0.3, -0.25) is 24.1 Å². The molecule has 2 rings (SSSR count). The fourth-order valence-corrected chi connectivity index (χ4v) is 3.17. The van der Waals surface area contributed by atoms with Crippen LogP contribution in [0.3, 0.4) is 0 Å². The summed E-state index contributed by atoms with van der Waals surface area (Å²) < 4.78 is 0. The summed E-state index contributed by atoms with van der Waals surface area (Å²) in [5.74, 6) is -2.32. The van der Waals surface area contributed by atoms with E-state index in [9.17, 15) is 24.0 Å². The molecule has 0 bridgehead atoms. The number of imide groups is 1. The summed E-state index contributed by atoms with van der Waals surface area (Å²) in [5.41, 5.74) is 0. The molecular formula is C18H29N5O6. The molecule has 2 fully saturated rings. The molecule has 0 saturated carbocycles. The quantitative estimate of drug-likeness (QED) is 0.269. The predicted molar refractivity (Wildman–Crippen MR) is 101 cm³/mol. The molecule has 2 atom stereocenters. The molecule has 2 heterocycles. The zero-order valence-electron chi connectivity index (χ0n) is 17.1. The predicted octanol–water partition coefficient (Wildman–Crippen LogP) is -1.76. The van der Waals surface area contributed by atoms with Crippen LogP contribution in [0, 0.1) is 0 Å². The molecule has 0 spiro atoms. The molecule has 2 N–H and O–H groups in total. The Kier molecular flexibility index (Phi) is 8.09. The van der Waals surface area contributed by atoms with Crippen LogP contribution in [0.2, 0.25) is 0 Å². The fourth-order valence-electron chi connectivity index (χ4n) is 3.17. The maximum Gasteiger partial charge on any atom is 0.334 e. The second-order valence-corrected chi connectivity index (χ2v) is 7.43. The Hall–Kier alpha value is -2.53. The van der Waals surface area contributed by atoms with E-state index >= 15 is 0 Å². The first-order valence-electron chi connectivity index (χ1n) is 9.70. The minimum atomic E-state index is -0.777. The highest BCUT2D eigenvalue weighted by Crippen LogP contribution is 2.13. The number of hydrogen-bond donors (Lipinski definition) is 2. The number of amides is 4. The first kappa shape index (κ1) is 22.8. The summed E-state index contributed by atoms with van der Waals surface area (Å²) in [5, 5.41) is 5.77. The van der Waals surface area contributed by atoms with Gasteiger partial charge in [0.25, 0.3) is 11.8 Å². The summed E-state index contributed by atoms with van der Waals surface area (Å²) in [4.78, 5) is 67.4. The Morgan fingerprint density at radius 1 is 0.966 bits per heavy atom. The van der Waals surface area contributed by atoms with Gasteiger partial charge >= 0.3 is 5.97 Å². The zero-order chi connectivity index (χ0) is 21.6. The number of rotatable bonds is 8. The van der Waals surface area contributed by atoms with E-state index in [0.717, 1.165) is 6.54 Å². The van der Waals surface area contributed by atoms with Crippen LogP contribution in [0.5, 0.6) is 0 Å². The van der Waals surface area contributed by atoms with Gasteiger partial charge in [-0.2, -0.15) is 0 Å². The van der Waals surface area contributed by atoms with Crippen molar-refractivity contribution >= 4 is 29.6 Å². The van der Waals surface area contributed by atoms with Gasteiger partial charge in [0.15, 0.2) is 0 Å². The van der Waals surface area contributed by atoms with Crippen molar-refractivity contribution < 1.29 is 28.8 Å². The summed E-state index contributed by atoms with van der Waals surface area (Å²) >= 11 is 0. The molecule has 29 heavy (non-hydrogen) atoms. The van der Waals surface area contributed by atoms with Gasteiger partial charge in [0.1, 0.15) is 6.04 Å². The summed E-state index contributed by atoms with van der Waals surface area (Å²) in [7, 11) is 3.88. The monoisotopic (exact) mass is 420 g/mol. The lowest BCUT2D eigenvalue weighted by molar-refractivity contribution is -0.197. The smallest absolute Gasteiger partial charge is 0.334 e. The molecule has 11 heteroatoms. The molecule has 162 valence electrons. The molecule has 11 nitrogen and oxygen atoms in total. The van der Waals surface area contributed by atoms with Crippen molar-refractivity contribution in [3.63, 3.8) is 0 Å². The molecule has 0 aromatic rings. The number of carbonyl (C=O) groups excluding carboxylic acids is 5. The highest BCUT2D eigenvalue weighted by molar-refractivity contribution is 6.01. The normalized spacial score (nSPS) is 23.2. The molecule has 2 aliphatic rings. The summed E-state index contributed by atoms with van der Waals surface area (Å²) in [6.45, 7) is 3.72. The standard InChI is InChI=1S/C18H29N5O6/c1-12-10-22(3)13(11-21(12)2)18(28)20-8-6-14(24)19-9-7-17(27)29-23-15(25)4-5-16(23)26/h12-13H,4-11H2,1-3H3,(H,19,24)(H,20,28)/i2+1,3+1,7+1,10+1,12+1,17+1,19+1,21+1,22+1. The van der Waals surface area contributed by atoms with Gasteiger partial charge in [-0.25, -0.2) is 4.79 Å². The third kappa shape index (κ3) is 6.50. The van der Waals surface area contributed by atoms with Crippen molar-refractivity contribution in [1.29, 1.82) is 0 Å².